The van der Waals surface area contributed by atoms with Crippen molar-refractivity contribution >= 4 is 0 Å². The van der Waals surface area contributed by atoms with E-state index in [1.54, 1.807) is 0 Å². The third-order valence-electron chi connectivity index (χ3n) is 2.32. The molecule has 0 aromatic rings. The molecule has 0 aromatic heterocycles. The van der Waals surface area contributed by atoms with Gasteiger partial charge in [0.15, 0.2) is 0 Å². The smallest absolute Gasteiger partial charge is 0.0586 e. The average molecular weight is 186 g/mol. The monoisotopic (exact) mass is 186 g/mol. The van der Waals surface area contributed by atoms with Gasteiger partial charge in [-0.25, -0.2) is 0 Å². The van der Waals surface area contributed by atoms with Crippen molar-refractivity contribution in [2.45, 2.75) is 18.5 Å². The molecule has 1 saturated heterocycles. The van der Waals surface area contributed by atoms with Gasteiger partial charge < -0.3 is 10.2 Å². The summed E-state index contributed by atoms with van der Waals surface area (Å²) in [6.45, 7) is 1.29. The number of rotatable bonds is 4. The molecule has 13 heavy (non-hydrogen) atoms. The SMILES string of the molecule is [N-]=[N+]=N[C@H]1C[C@@H](CO)N(CCO)C1. The highest BCUT2D eigenvalue weighted by molar-refractivity contribution is 4.88. The molecule has 0 aromatic carbocycles. The molecule has 0 spiro atoms. The third kappa shape index (κ3) is 2.57. The summed E-state index contributed by atoms with van der Waals surface area (Å²) in [6.07, 6.45) is 0.681. The van der Waals surface area contributed by atoms with Crippen LogP contribution < -0.4 is 0 Å². The van der Waals surface area contributed by atoms with Gasteiger partial charge in [0.25, 0.3) is 0 Å². The molecule has 1 aliphatic rings. The van der Waals surface area contributed by atoms with E-state index in [4.69, 9.17) is 15.7 Å². The van der Waals surface area contributed by atoms with Crippen LogP contribution in [-0.2, 0) is 0 Å². The van der Waals surface area contributed by atoms with Crippen molar-refractivity contribution in [1.29, 1.82) is 0 Å². The molecule has 0 amide bonds. The van der Waals surface area contributed by atoms with Crippen LogP contribution in [0.2, 0.25) is 0 Å². The maximum Gasteiger partial charge on any atom is 0.0586 e. The van der Waals surface area contributed by atoms with Gasteiger partial charge in [-0.05, 0) is 12.0 Å². The van der Waals surface area contributed by atoms with Crippen LogP contribution in [0.15, 0.2) is 5.11 Å². The maximum atomic E-state index is 8.99. The first-order valence-corrected chi connectivity index (χ1v) is 4.31. The first-order chi connectivity index (χ1) is 6.31. The Morgan fingerprint density at radius 1 is 1.54 bits per heavy atom. The Morgan fingerprint density at radius 2 is 2.31 bits per heavy atom. The molecule has 2 atom stereocenters. The minimum absolute atomic E-state index is 0.0302. The zero-order valence-electron chi connectivity index (χ0n) is 7.37. The largest absolute Gasteiger partial charge is 0.395 e. The van der Waals surface area contributed by atoms with E-state index >= 15 is 0 Å². The van der Waals surface area contributed by atoms with Crippen LogP contribution in [0, 0.1) is 0 Å². The third-order valence-corrected chi connectivity index (χ3v) is 2.32. The van der Waals surface area contributed by atoms with E-state index < -0.39 is 0 Å². The summed E-state index contributed by atoms with van der Waals surface area (Å²) in [5.74, 6) is 0. The summed E-state index contributed by atoms with van der Waals surface area (Å²) >= 11 is 0. The Morgan fingerprint density at radius 3 is 2.85 bits per heavy atom. The summed E-state index contributed by atoms with van der Waals surface area (Å²) in [5, 5.41) is 21.3. The number of likely N-dealkylation sites (tertiary alicyclic amines) is 1. The predicted molar refractivity (Wildman–Crippen MR) is 47.1 cm³/mol. The second-order valence-corrected chi connectivity index (χ2v) is 3.15. The quantitative estimate of drug-likeness (QED) is 0.359. The zero-order chi connectivity index (χ0) is 9.68. The standard InChI is InChI=1S/C7H14N4O2/c8-10-9-6-3-7(5-13)11(4-6)1-2-12/h6-7,12-13H,1-5H2/t6-,7-/m0/s1. The lowest BCUT2D eigenvalue weighted by Crippen LogP contribution is -2.34. The predicted octanol–water partition coefficient (Wildman–Crippen LogP) is -0.276. The van der Waals surface area contributed by atoms with Crippen molar-refractivity contribution in [2.75, 3.05) is 26.3 Å². The number of aliphatic hydroxyl groups excluding tert-OH is 2. The van der Waals surface area contributed by atoms with Crippen molar-refractivity contribution in [3.8, 4) is 0 Å². The van der Waals surface area contributed by atoms with Gasteiger partial charge in [0, 0.05) is 24.0 Å². The van der Waals surface area contributed by atoms with Crippen LogP contribution in [-0.4, -0.2) is 53.5 Å². The Hall–Kier alpha value is -0.810. The maximum absolute atomic E-state index is 8.99. The average Bonchev–Trinajstić information content (AvgIpc) is 2.49. The molecule has 0 aliphatic carbocycles. The Balaban J connectivity index is 2.50. The lowest BCUT2D eigenvalue weighted by molar-refractivity contribution is 0.134. The molecule has 6 nitrogen and oxygen atoms in total. The van der Waals surface area contributed by atoms with Crippen LogP contribution in [0.5, 0.6) is 0 Å². The van der Waals surface area contributed by atoms with E-state index in [9.17, 15) is 0 Å². The lowest BCUT2D eigenvalue weighted by atomic mass is 10.2. The molecular formula is C7H14N4O2. The fourth-order valence-electron chi connectivity index (χ4n) is 1.71. The van der Waals surface area contributed by atoms with E-state index in [1.807, 2.05) is 4.90 Å². The van der Waals surface area contributed by atoms with Crippen molar-refractivity contribution in [1.82, 2.24) is 4.90 Å². The zero-order valence-corrected chi connectivity index (χ0v) is 7.37. The highest BCUT2D eigenvalue weighted by Crippen LogP contribution is 2.19. The molecule has 1 fully saturated rings. The fraction of sp³-hybridized carbons (Fsp3) is 1.00. The van der Waals surface area contributed by atoms with Gasteiger partial charge in [-0.3, -0.25) is 4.90 Å². The molecule has 6 heteroatoms. The first kappa shape index (κ1) is 10.3. The van der Waals surface area contributed by atoms with Crippen LogP contribution >= 0.6 is 0 Å². The number of azide groups is 1. The number of nitrogens with zero attached hydrogens (tertiary/aromatic N) is 4. The molecule has 0 bridgehead atoms. The molecule has 1 heterocycles. The minimum atomic E-state index is -0.0614. The van der Waals surface area contributed by atoms with Crippen molar-refractivity contribution in [3.63, 3.8) is 0 Å². The Labute approximate surface area is 76.4 Å². The highest BCUT2D eigenvalue weighted by Gasteiger charge is 2.30. The molecule has 74 valence electrons. The van der Waals surface area contributed by atoms with Crippen LogP contribution in [0.1, 0.15) is 6.42 Å². The van der Waals surface area contributed by atoms with Gasteiger partial charge >= 0.3 is 0 Å². The lowest BCUT2D eigenvalue weighted by Gasteiger charge is -2.20. The molecule has 0 radical (unpaired) electrons. The Bertz CT molecular complexity index is 205. The van der Waals surface area contributed by atoms with E-state index in [-0.39, 0.29) is 25.3 Å². The van der Waals surface area contributed by atoms with Gasteiger partial charge in [-0.15, -0.1) is 0 Å². The molecule has 1 aliphatic heterocycles. The van der Waals surface area contributed by atoms with Crippen LogP contribution in [0.25, 0.3) is 10.4 Å². The van der Waals surface area contributed by atoms with Gasteiger partial charge in [0.2, 0.25) is 0 Å². The summed E-state index contributed by atoms with van der Waals surface area (Å²) in [7, 11) is 0. The Kier molecular flexibility index (Phi) is 3.98. The number of hydrogen-bond donors (Lipinski definition) is 2. The normalized spacial score (nSPS) is 28.8. The summed E-state index contributed by atoms with van der Waals surface area (Å²) < 4.78 is 0. The number of hydrogen-bond acceptors (Lipinski definition) is 4. The number of aliphatic hydroxyl groups is 2. The van der Waals surface area contributed by atoms with Crippen molar-refractivity contribution < 1.29 is 10.2 Å². The second-order valence-electron chi connectivity index (χ2n) is 3.15. The summed E-state index contributed by atoms with van der Waals surface area (Å²) in [6, 6.07) is -0.0312. The molecule has 0 unspecified atom stereocenters. The van der Waals surface area contributed by atoms with E-state index in [0.29, 0.717) is 19.5 Å². The van der Waals surface area contributed by atoms with Gasteiger partial charge in [-0.2, -0.15) is 0 Å². The summed E-state index contributed by atoms with van der Waals surface area (Å²) in [4.78, 5) is 4.68. The highest BCUT2D eigenvalue weighted by atomic mass is 16.3. The molecule has 0 saturated carbocycles. The summed E-state index contributed by atoms with van der Waals surface area (Å²) in [5.41, 5.74) is 8.23. The molecular weight excluding hydrogens is 172 g/mol. The topological polar surface area (TPSA) is 92.5 Å². The van der Waals surface area contributed by atoms with Gasteiger partial charge in [-0.1, -0.05) is 5.11 Å². The van der Waals surface area contributed by atoms with Crippen LogP contribution in [0.4, 0.5) is 0 Å². The van der Waals surface area contributed by atoms with E-state index in [2.05, 4.69) is 10.0 Å². The van der Waals surface area contributed by atoms with Gasteiger partial charge in [0.05, 0.1) is 19.3 Å². The van der Waals surface area contributed by atoms with Crippen molar-refractivity contribution in [2.24, 2.45) is 5.11 Å². The minimum Gasteiger partial charge on any atom is -0.395 e. The second kappa shape index (κ2) is 5.04. The van der Waals surface area contributed by atoms with E-state index in [0.717, 1.165) is 0 Å². The van der Waals surface area contributed by atoms with E-state index in [1.165, 1.54) is 0 Å². The van der Waals surface area contributed by atoms with Crippen LogP contribution in [0.3, 0.4) is 0 Å². The number of β-amino-alcohol motifs (C(OH)–C–C–N with tert-alkyl or cyclic N) is 1. The molecule has 1 rings (SSSR count). The fourth-order valence-corrected chi connectivity index (χ4v) is 1.71. The van der Waals surface area contributed by atoms with Gasteiger partial charge in [0.1, 0.15) is 0 Å². The molecule has 2 N–H and O–H groups in total. The first-order valence-electron chi connectivity index (χ1n) is 4.31. The van der Waals surface area contributed by atoms with Crippen molar-refractivity contribution in [3.05, 3.63) is 10.4 Å².